The fourth-order valence-electron chi connectivity index (χ4n) is 3.41. The number of aromatic nitrogens is 2. The molecule has 1 fully saturated rings. The number of hydrogen-bond acceptors (Lipinski definition) is 7. The van der Waals surface area contributed by atoms with Gasteiger partial charge in [0.05, 0.1) is 23.0 Å². The predicted octanol–water partition coefficient (Wildman–Crippen LogP) is 3.58. The Morgan fingerprint density at radius 1 is 1.25 bits per heavy atom. The van der Waals surface area contributed by atoms with Crippen molar-refractivity contribution in [3.05, 3.63) is 57.5 Å². The van der Waals surface area contributed by atoms with E-state index >= 15 is 0 Å². The topological polar surface area (TPSA) is 98.5 Å². The van der Waals surface area contributed by atoms with E-state index in [1.54, 1.807) is 11.8 Å². The largest absolute Gasteiger partial charge is 0.466 e. The van der Waals surface area contributed by atoms with Crippen molar-refractivity contribution < 1.29 is 27.6 Å². The van der Waals surface area contributed by atoms with Crippen LogP contribution in [-0.2, 0) is 15.7 Å². The van der Waals surface area contributed by atoms with Crippen LogP contribution in [0.4, 0.5) is 24.7 Å². The van der Waals surface area contributed by atoms with E-state index in [1.807, 2.05) is 0 Å². The van der Waals surface area contributed by atoms with E-state index in [4.69, 9.17) is 4.74 Å². The Balaban J connectivity index is 1.91. The zero-order valence-electron chi connectivity index (χ0n) is 17.1. The Hall–Kier alpha value is -3.68. The molecule has 0 atom stereocenters. The van der Waals surface area contributed by atoms with Gasteiger partial charge >= 0.3 is 17.8 Å². The molecular formula is C21H19F3N4O4. The number of halogens is 3. The third-order valence-electron chi connectivity index (χ3n) is 4.95. The lowest BCUT2D eigenvalue weighted by Crippen LogP contribution is -2.37. The first-order chi connectivity index (χ1) is 15.2. The van der Waals surface area contributed by atoms with Gasteiger partial charge in [-0.1, -0.05) is 18.1 Å². The third-order valence-corrected chi connectivity index (χ3v) is 4.95. The molecule has 0 radical (unpaired) electrons. The molecule has 0 aliphatic carbocycles. The van der Waals surface area contributed by atoms with Crippen LogP contribution in [0.15, 0.2) is 30.6 Å². The van der Waals surface area contributed by atoms with E-state index in [1.165, 1.54) is 18.2 Å². The maximum atomic E-state index is 13.2. The van der Waals surface area contributed by atoms with E-state index in [0.29, 0.717) is 25.9 Å². The van der Waals surface area contributed by atoms with Gasteiger partial charge in [-0.3, -0.25) is 14.9 Å². The highest BCUT2D eigenvalue weighted by Crippen LogP contribution is 2.33. The molecule has 0 bridgehead atoms. The zero-order valence-corrected chi connectivity index (χ0v) is 17.1. The van der Waals surface area contributed by atoms with E-state index in [9.17, 15) is 28.1 Å². The molecule has 0 N–H and O–H groups in total. The molecule has 2 aromatic rings. The first-order valence-electron chi connectivity index (χ1n) is 9.81. The number of alkyl halides is 3. The minimum absolute atomic E-state index is 0.0146. The van der Waals surface area contributed by atoms with Crippen molar-refractivity contribution in [1.29, 1.82) is 0 Å². The van der Waals surface area contributed by atoms with Crippen molar-refractivity contribution in [1.82, 2.24) is 9.97 Å². The van der Waals surface area contributed by atoms with Gasteiger partial charge in [0.1, 0.15) is 6.33 Å². The molecule has 168 valence electrons. The Bertz CT molecular complexity index is 1070. The van der Waals surface area contributed by atoms with Gasteiger partial charge in [0.15, 0.2) is 5.69 Å². The molecule has 0 unspecified atom stereocenters. The summed E-state index contributed by atoms with van der Waals surface area (Å²) in [6.07, 6.45) is -2.67. The summed E-state index contributed by atoms with van der Waals surface area (Å²) in [7, 11) is 0. The lowest BCUT2D eigenvalue weighted by molar-refractivity contribution is -0.384. The highest BCUT2D eigenvalue weighted by atomic mass is 19.4. The minimum Gasteiger partial charge on any atom is -0.466 e. The first kappa shape index (κ1) is 23.0. The van der Waals surface area contributed by atoms with Crippen LogP contribution in [-0.4, -0.2) is 40.6 Å². The van der Waals surface area contributed by atoms with Gasteiger partial charge in [0.25, 0.3) is 0 Å². The number of benzene rings is 1. The maximum absolute atomic E-state index is 13.2. The summed E-state index contributed by atoms with van der Waals surface area (Å²) in [6.45, 7) is 2.64. The Morgan fingerprint density at radius 2 is 1.94 bits per heavy atom. The van der Waals surface area contributed by atoms with Crippen LogP contribution < -0.4 is 4.90 Å². The number of nitrogens with zero attached hydrogens (tertiary/aromatic N) is 4. The first-order valence-corrected chi connectivity index (χ1v) is 9.81. The van der Waals surface area contributed by atoms with Crippen molar-refractivity contribution >= 4 is 17.5 Å². The highest BCUT2D eigenvalue weighted by molar-refractivity contribution is 5.73. The molecule has 2 heterocycles. The zero-order chi connectivity index (χ0) is 23.3. The number of hydrogen-bond donors (Lipinski definition) is 0. The van der Waals surface area contributed by atoms with Crippen molar-refractivity contribution in [2.24, 2.45) is 5.92 Å². The number of carbonyl (C=O) groups is 1. The molecule has 11 heteroatoms. The van der Waals surface area contributed by atoms with Gasteiger partial charge in [-0.15, -0.1) is 0 Å². The average Bonchev–Trinajstić information content (AvgIpc) is 2.77. The Morgan fingerprint density at radius 3 is 2.56 bits per heavy atom. The van der Waals surface area contributed by atoms with Gasteiger partial charge in [-0.25, -0.2) is 9.97 Å². The summed E-state index contributed by atoms with van der Waals surface area (Å²) in [5.41, 5.74) is -2.03. The van der Waals surface area contributed by atoms with Gasteiger partial charge in [-0.05, 0) is 37.8 Å². The molecule has 1 aliphatic rings. The molecule has 1 aromatic heterocycles. The molecule has 1 aliphatic heterocycles. The third kappa shape index (κ3) is 5.14. The molecule has 0 saturated carbocycles. The lowest BCUT2D eigenvalue weighted by Gasteiger charge is -2.31. The van der Waals surface area contributed by atoms with Crippen molar-refractivity contribution in [2.45, 2.75) is 25.9 Å². The summed E-state index contributed by atoms with van der Waals surface area (Å²) < 4.78 is 44.6. The van der Waals surface area contributed by atoms with Crippen LogP contribution in [0.25, 0.3) is 0 Å². The minimum atomic E-state index is -4.61. The second-order valence-corrected chi connectivity index (χ2v) is 6.96. The highest BCUT2D eigenvalue weighted by Gasteiger charge is 2.33. The second-order valence-electron chi connectivity index (χ2n) is 6.96. The van der Waals surface area contributed by atoms with Gasteiger partial charge in [0.2, 0.25) is 5.82 Å². The van der Waals surface area contributed by atoms with Gasteiger partial charge < -0.3 is 9.64 Å². The molecule has 0 amide bonds. The van der Waals surface area contributed by atoms with Crippen LogP contribution in [0.1, 0.15) is 36.6 Å². The molecular weight excluding hydrogens is 429 g/mol. The fraction of sp³-hybridized carbons (Fsp3) is 0.381. The number of ether oxygens (including phenoxy) is 1. The second kappa shape index (κ2) is 9.64. The summed E-state index contributed by atoms with van der Waals surface area (Å²) in [5.74, 6) is 4.16. The van der Waals surface area contributed by atoms with Gasteiger partial charge in [0, 0.05) is 18.7 Å². The lowest BCUT2D eigenvalue weighted by atomic mass is 9.97. The van der Waals surface area contributed by atoms with Gasteiger partial charge in [-0.2, -0.15) is 13.2 Å². The number of piperidine rings is 1. The molecule has 1 aromatic carbocycles. The average molecular weight is 448 g/mol. The van der Waals surface area contributed by atoms with Crippen LogP contribution in [0.2, 0.25) is 0 Å². The Labute approximate surface area is 181 Å². The Kier molecular flexibility index (Phi) is 6.92. The maximum Gasteiger partial charge on any atom is 0.417 e. The number of nitro groups is 1. The van der Waals surface area contributed by atoms with Crippen LogP contribution >= 0.6 is 0 Å². The number of rotatable bonds is 4. The molecule has 8 nitrogen and oxygen atoms in total. The van der Waals surface area contributed by atoms with E-state index in [2.05, 4.69) is 21.8 Å². The summed E-state index contributed by atoms with van der Waals surface area (Å²) in [6, 6.07) is 4.70. The normalized spacial score (nSPS) is 14.4. The standard InChI is InChI=1S/C21H19F3N4O4/c1-2-32-20(29)15-9-11-27(12-10-15)19-18(28(30)31)17(25-13-26-19)8-7-14-5-3-4-6-16(14)21(22,23)24/h3-6,13,15H,2,9-12H2,1H3. The van der Waals surface area contributed by atoms with Crippen LogP contribution in [0.3, 0.4) is 0 Å². The van der Waals surface area contributed by atoms with Crippen LogP contribution in [0, 0.1) is 27.9 Å². The molecule has 1 saturated heterocycles. The van der Waals surface area contributed by atoms with Crippen molar-refractivity contribution in [2.75, 3.05) is 24.6 Å². The molecule has 3 rings (SSSR count). The summed E-state index contributed by atoms with van der Waals surface area (Å²) in [5, 5.41) is 11.8. The van der Waals surface area contributed by atoms with Crippen molar-refractivity contribution in [3.63, 3.8) is 0 Å². The van der Waals surface area contributed by atoms with Crippen LogP contribution in [0.5, 0.6) is 0 Å². The number of carbonyl (C=O) groups excluding carboxylic acids is 1. The summed E-state index contributed by atoms with van der Waals surface area (Å²) in [4.78, 5) is 32.4. The van der Waals surface area contributed by atoms with Crippen molar-refractivity contribution in [3.8, 4) is 11.8 Å². The quantitative estimate of drug-likeness (QED) is 0.305. The smallest absolute Gasteiger partial charge is 0.417 e. The monoisotopic (exact) mass is 448 g/mol. The molecule has 32 heavy (non-hydrogen) atoms. The van der Waals surface area contributed by atoms with E-state index in [-0.39, 0.29) is 35.6 Å². The summed E-state index contributed by atoms with van der Waals surface area (Å²) >= 11 is 0. The predicted molar refractivity (Wildman–Crippen MR) is 108 cm³/mol. The molecule has 0 spiro atoms. The number of anilines is 1. The SMILES string of the molecule is CCOC(=O)C1CCN(c2ncnc(C#Cc3ccccc3C(F)(F)F)c2[N+](=O)[O-])CC1. The van der Waals surface area contributed by atoms with E-state index < -0.39 is 22.4 Å². The fourth-order valence-corrected chi connectivity index (χ4v) is 3.41. The van der Waals surface area contributed by atoms with E-state index in [0.717, 1.165) is 12.4 Å². The number of esters is 1.